The van der Waals surface area contributed by atoms with Gasteiger partial charge in [0, 0.05) is 13.3 Å². The quantitative estimate of drug-likeness (QED) is 0.357. The number of rotatable bonds is 11. The van der Waals surface area contributed by atoms with Crippen molar-refractivity contribution in [2.75, 3.05) is 0 Å². The van der Waals surface area contributed by atoms with Crippen LogP contribution in [-0.4, -0.2) is 29.3 Å². The number of aliphatic carboxylic acids is 1. The van der Waals surface area contributed by atoms with Crippen molar-refractivity contribution >= 4 is 17.9 Å². The highest BCUT2D eigenvalue weighted by atomic mass is 16.7. The summed E-state index contributed by atoms with van der Waals surface area (Å²) in [5.41, 5.74) is 0. The van der Waals surface area contributed by atoms with Crippen LogP contribution < -0.4 is 0 Å². The van der Waals surface area contributed by atoms with Crippen LogP contribution in [0.1, 0.15) is 65.2 Å². The van der Waals surface area contributed by atoms with Gasteiger partial charge in [-0.25, -0.2) is 4.79 Å². The Labute approximate surface area is 119 Å². The van der Waals surface area contributed by atoms with E-state index in [4.69, 9.17) is 5.11 Å². The number of carboxylic acid groups (broad SMARTS) is 1. The summed E-state index contributed by atoms with van der Waals surface area (Å²) in [6.45, 7) is 3.21. The average molecular weight is 288 g/mol. The normalized spacial score (nSPS) is 11.7. The van der Waals surface area contributed by atoms with Crippen LogP contribution in [-0.2, 0) is 23.9 Å². The number of carbonyl (C=O) groups is 3. The van der Waals surface area contributed by atoms with Gasteiger partial charge >= 0.3 is 24.2 Å². The molecule has 0 rings (SSSR count). The summed E-state index contributed by atoms with van der Waals surface area (Å²) in [4.78, 5) is 32.7. The van der Waals surface area contributed by atoms with Crippen molar-refractivity contribution < 1.29 is 29.0 Å². The number of carboxylic acids is 1. The molecule has 1 atom stereocenters. The van der Waals surface area contributed by atoms with Gasteiger partial charge in [-0.15, -0.1) is 0 Å². The van der Waals surface area contributed by atoms with E-state index in [0.717, 1.165) is 26.2 Å². The molecule has 1 N–H and O–H groups in total. The molecular formula is C14H24O6. The van der Waals surface area contributed by atoms with E-state index in [1.165, 1.54) is 19.3 Å². The summed E-state index contributed by atoms with van der Waals surface area (Å²) < 4.78 is 8.96. The van der Waals surface area contributed by atoms with E-state index >= 15 is 0 Å². The molecule has 0 heterocycles. The van der Waals surface area contributed by atoms with Gasteiger partial charge in [-0.2, -0.15) is 0 Å². The van der Waals surface area contributed by atoms with E-state index in [1.807, 2.05) is 0 Å². The number of hydrogen-bond donors (Lipinski definition) is 1. The van der Waals surface area contributed by atoms with Crippen LogP contribution in [0.25, 0.3) is 0 Å². The largest absolute Gasteiger partial charge is 0.476 e. The number of hydrogen-bond acceptors (Lipinski definition) is 5. The summed E-state index contributed by atoms with van der Waals surface area (Å²) in [5, 5.41) is 8.71. The number of carbonyl (C=O) groups excluding carboxylic acids is 2. The van der Waals surface area contributed by atoms with E-state index in [1.54, 1.807) is 0 Å². The van der Waals surface area contributed by atoms with E-state index < -0.39 is 24.2 Å². The van der Waals surface area contributed by atoms with Crippen LogP contribution in [0.3, 0.4) is 0 Å². The van der Waals surface area contributed by atoms with Crippen molar-refractivity contribution in [1.82, 2.24) is 0 Å². The van der Waals surface area contributed by atoms with E-state index in [2.05, 4.69) is 16.4 Å². The first kappa shape index (κ1) is 18.4. The fraction of sp³-hybridized carbons (Fsp3) is 0.786. The molecule has 6 heteroatoms. The Morgan fingerprint density at radius 1 is 0.950 bits per heavy atom. The van der Waals surface area contributed by atoms with Crippen LogP contribution >= 0.6 is 0 Å². The summed E-state index contributed by atoms with van der Waals surface area (Å²) >= 11 is 0. The highest BCUT2D eigenvalue weighted by molar-refractivity contribution is 5.79. The third kappa shape index (κ3) is 10.3. The minimum atomic E-state index is -1.84. The zero-order valence-electron chi connectivity index (χ0n) is 12.2. The first-order valence-electron chi connectivity index (χ1n) is 7.06. The van der Waals surface area contributed by atoms with Crippen LogP contribution in [0.2, 0.25) is 0 Å². The zero-order chi connectivity index (χ0) is 15.4. The standard InChI is InChI=1S/C14H24O6/c1-3-4-5-6-7-8-9-10-12(16)20-14(13(17)18)19-11(2)15/h14H,3-10H2,1-2H3,(H,17,18). The van der Waals surface area contributed by atoms with Crippen molar-refractivity contribution in [2.24, 2.45) is 0 Å². The lowest BCUT2D eigenvalue weighted by atomic mass is 10.1. The van der Waals surface area contributed by atoms with Crippen molar-refractivity contribution in [3.05, 3.63) is 0 Å². The van der Waals surface area contributed by atoms with E-state index in [9.17, 15) is 14.4 Å². The van der Waals surface area contributed by atoms with Gasteiger partial charge in [-0.3, -0.25) is 9.59 Å². The molecule has 6 nitrogen and oxygen atoms in total. The number of esters is 2. The van der Waals surface area contributed by atoms with Gasteiger partial charge in [0.05, 0.1) is 0 Å². The molecule has 0 aliphatic heterocycles. The molecule has 20 heavy (non-hydrogen) atoms. The van der Waals surface area contributed by atoms with Gasteiger partial charge in [-0.1, -0.05) is 45.4 Å². The van der Waals surface area contributed by atoms with Gasteiger partial charge < -0.3 is 14.6 Å². The third-order valence-electron chi connectivity index (χ3n) is 2.70. The molecule has 0 fully saturated rings. The van der Waals surface area contributed by atoms with Gasteiger partial charge in [0.2, 0.25) is 0 Å². The molecule has 0 amide bonds. The summed E-state index contributed by atoms with van der Waals surface area (Å²) in [5.74, 6) is -2.96. The SMILES string of the molecule is CCCCCCCCCC(=O)OC(OC(C)=O)C(=O)O. The Morgan fingerprint density at radius 2 is 1.50 bits per heavy atom. The maximum atomic E-state index is 11.4. The van der Waals surface area contributed by atoms with Gasteiger partial charge in [0.25, 0.3) is 0 Å². The monoisotopic (exact) mass is 288 g/mol. The molecule has 1 unspecified atom stereocenters. The van der Waals surface area contributed by atoms with Crippen molar-refractivity contribution in [3.8, 4) is 0 Å². The molecular weight excluding hydrogens is 264 g/mol. The smallest absolute Gasteiger partial charge is 0.387 e. The fourth-order valence-corrected chi connectivity index (χ4v) is 1.68. The summed E-state index contributed by atoms with van der Waals surface area (Å²) in [6, 6.07) is 0. The fourth-order valence-electron chi connectivity index (χ4n) is 1.68. The molecule has 0 aliphatic rings. The number of unbranched alkanes of at least 4 members (excludes halogenated alkanes) is 6. The lowest BCUT2D eigenvalue weighted by Crippen LogP contribution is -2.31. The Balaban J connectivity index is 3.75. The van der Waals surface area contributed by atoms with Crippen LogP contribution in [0.4, 0.5) is 0 Å². The van der Waals surface area contributed by atoms with Crippen molar-refractivity contribution in [3.63, 3.8) is 0 Å². The Bertz CT molecular complexity index is 313. The molecule has 0 aromatic rings. The van der Waals surface area contributed by atoms with Crippen LogP contribution in [0.15, 0.2) is 0 Å². The minimum absolute atomic E-state index is 0.138. The van der Waals surface area contributed by atoms with Gasteiger partial charge in [-0.05, 0) is 6.42 Å². The topological polar surface area (TPSA) is 89.9 Å². The highest BCUT2D eigenvalue weighted by Crippen LogP contribution is 2.09. The average Bonchev–Trinajstić information content (AvgIpc) is 2.36. The van der Waals surface area contributed by atoms with Gasteiger partial charge in [0.15, 0.2) is 0 Å². The molecule has 0 aliphatic carbocycles. The third-order valence-corrected chi connectivity index (χ3v) is 2.70. The second-order valence-corrected chi connectivity index (χ2v) is 4.64. The summed E-state index contributed by atoms with van der Waals surface area (Å²) in [7, 11) is 0. The van der Waals surface area contributed by atoms with Gasteiger partial charge in [0.1, 0.15) is 0 Å². The lowest BCUT2D eigenvalue weighted by Gasteiger charge is -2.12. The van der Waals surface area contributed by atoms with E-state index in [-0.39, 0.29) is 6.42 Å². The maximum absolute atomic E-state index is 11.4. The molecule has 0 aromatic heterocycles. The van der Waals surface area contributed by atoms with Crippen LogP contribution in [0.5, 0.6) is 0 Å². The lowest BCUT2D eigenvalue weighted by molar-refractivity contribution is -0.200. The summed E-state index contributed by atoms with van der Waals surface area (Å²) in [6.07, 6.45) is 5.68. The first-order valence-corrected chi connectivity index (χ1v) is 7.06. The Kier molecular flexibility index (Phi) is 10.4. The zero-order valence-corrected chi connectivity index (χ0v) is 12.2. The predicted octanol–water partition coefficient (Wildman–Crippen LogP) is 2.64. The predicted molar refractivity (Wildman–Crippen MR) is 71.9 cm³/mol. The Morgan fingerprint density at radius 3 is 2.00 bits per heavy atom. The first-order chi connectivity index (χ1) is 9.47. The molecule has 0 bridgehead atoms. The molecule has 0 radical (unpaired) electrons. The highest BCUT2D eigenvalue weighted by Gasteiger charge is 2.24. The molecule has 116 valence electrons. The van der Waals surface area contributed by atoms with E-state index in [0.29, 0.717) is 6.42 Å². The minimum Gasteiger partial charge on any atom is -0.476 e. The molecule has 0 saturated carbocycles. The molecule has 0 spiro atoms. The molecule has 0 aromatic carbocycles. The maximum Gasteiger partial charge on any atom is 0.387 e. The Hall–Kier alpha value is -1.59. The van der Waals surface area contributed by atoms with Crippen molar-refractivity contribution in [2.45, 2.75) is 71.5 Å². The second kappa shape index (κ2) is 11.3. The molecule has 0 saturated heterocycles. The number of ether oxygens (including phenoxy) is 2. The second-order valence-electron chi connectivity index (χ2n) is 4.64. The van der Waals surface area contributed by atoms with Crippen molar-refractivity contribution in [1.29, 1.82) is 0 Å². The van der Waals surface area contributed by atoms with Crippen LogP contribution in [0, 0.1) is 0 Å².